The molecule has 0 fully saturated rings. The number of hydrogen-bond donors (Lipinski definition) is 1. The van der Waals surface area contributed by atoms with Crippen molar-refractivity contribution in [1.29, 1.82) is 0 Å². The Balaban J connectivity index is 1.85. The average Bonchev–Trinajstić information content (AvgIpc) is 2.68. The number of nitrogens with zero attached hydrogens (tertiary/aromatic N) is 1. The number of nitro benzene ring substituents is 1. The van der Waals surface area contributed by atoms with E-state index in [1.54, 1.807) is 72.8 Å². The lowest BCUT2D eigenvalue weighted by Gasteiger charge is -2.11. The van der Waals surface area contributed by atoms with Crippen LogP contribution < -0.4 is 4.72 Å². The van der Waals surface area contributed by atoms with Crippen LogP contribution in [0.25, 0.3) is 12.2 Å². The van der Waals surface area contributed by atoms with E-state index in [-0.39, 0.29) is 10.6 Å². The smallest absolute Gasteiger partial charge is 0.269 e. The molecule has 0 atom stereocenters. The Labute approximate surface area is 163 Å². The number of para-hydroxylation sites is 1. The number of benzene rings is 3. The normalized spacial score (nSPS) is 11.5. The van der Waals surface area contributed by atoms with Crippen molar-refractivity contribution in [3.05, 3.63) is 99.6 Å². The van der Waals surface area contributed by atoms with Crippen molar-refractivity contribution in [2.75, 3.05) is 4.72 Å². The maximum absolute atomic E-state index is 12.6. The van der Waals surface area contributed by atoms with Gasteiger partial charge in [-0.1, -0.05) is 48.0 Å². The lowest BCUT2D eigenvalue weighted by atomic mass is 10.1. The first kappa shape index (κ1) is 19.3. The van der Waals surface area contributed by atoms with Crippen LogP contribution in [0.2, 0.25) is 0 Å². The minimum absolute atomic E-state index is 0.0170. The number of sulfonamides is 1. The summed E-state index contributed by atoms with van der Waals surface area (Å²) in [6.45, 7) is 1.89. The highest BCUT2D eigenvalue weighted by Gasteiger charge is 2.15. The Morgan fingerprint density at radius 2 is 1.54 bits per heavy atom. The van der Waals surface area contributed by atoms with E-state index in [4.69, 9.17) is 0 Å². The van der Waals surface area contributed by atoms with Gasteiger partial charge < -0.3 is 0 Å². The number of hydrogen-bond acceptors (Lipinski definition) is 4. The van der Waals surface area contributed by atoms with E-state index in [1.807, 2.05) is 6.92 Å². The third-order valence-electron chi connectivity index (χ3n) is 4.10. The molecule has 0 bridgehead atoms. The topological polar surface area (TPSA) is 89.3 Å². The van der Waals surface area contributed by atoms with Crippen LogP contribution in [-0.2, 0) is 10.0 Å². The average molecular weight is 394 g/mol. The van der Waals surface area contributed by atoms with Gasteiger partial charge in [0.05, 0.1) is 15.5 Å². The Morgan fingerprint density at radius 3 is 2.18 bits per heavy atom. The molecule has 1 N–H and O–H groups in total. The SMILES string of the molecule is Cc1ccc(S(=O)(=O)Nc2ccccc2C=Cc2ccc([N+](=O)[O-])cc2)cc1. The molecule has 0 amide bonds. The standard InChI is InChI=1S/C21H18N2O4S/c1-16-6-14-20(15-7-16)28(26,27)22-21-5-3-2-4-18(21)11-8-17-9-12-19(13-10-17)23(24)25/h2-15,22H,1H3. The molecule has 0 heterocycles. The maximum Gasteiger partial charge on any atom is 0.269 e. The molecule has 0 spiro atoms. The van der Waals surface area contributed by atoms with Gasteiger partial charge in [0.2, 0.25) is 0 Å². The van der Waals surface area contributed by atoms with Gasteiger partial charge in [0.15, 0.2) is 0 Å². The molecule has 142 valence electrons. The van der Waals surface area contributed by atoms with Gasteiger partial charge >= 0.3 is 0 Å². The number of nitro groups is 1. The minimum atomic E-state index is -3.71. The molecular formula is C21H18N2O4S. The van der Waals surface area contributed by atoms with E-state index in [1.165, 1.54) is 12.1 Å². The first-order chi connectivity index (χ1) is 13.3. The zero-order valence-corrected chi connectivity index (χ0v) is 15.9. The van der Waals surface area contributed by atoms with Crippen LogP contribution in [0.4, 0.5) is 11.4 Å². The fourth-order valence-corrected chi connectivity index (χ4v) is 3.64. The summed E-state index contributed by atoms with van der Waals surface area (Å²) < 4.78 is 27.9. The molecule has 0 unspecified atom stereocenters. The third-order valence-corrected chi connectivity index (χ3v) is 5.48. The van der Waals surface area contributed by atoms with Crippen LogP contribution in [-0.4, -0.2) is 13.3 Å². The summed E-state index contributed by atoms with van der Waals surface area (Å²) in [5.41, 5.74) is 2.88. The van der Waals surface area contributed by atoms with E-state index in [9.17, 15) is 18.5 Å². The summed E-state index contributed by atoms with van der Waals surface area (Å²) in [4.78, 5) is 10.5. The Kier molecular flexibility index (Phi) is 5.56. The molecule has 0 aromatic heterocycles. The summed E-state index contributed by atoms with van der Waals surface area (Å²) >= 11 is 0. The van der Waals surface area contributed by atoms with Gasteiger partial charge in [-0.2, -0.15) is 0 Å². The summed E-state index contributed by atoms with van der Waals surface area (Å²) in [5.74, 6) is 0. The van der Waals surface area contributed by atoms with Crippen molar-refractivity contribution in [2.45, 2.75) is 11.8 Å². The van der Waals surface area contributed by atoms with Crippen LogP contribution in [0.3, 0.4) is 0 Å². The lowest BCUT2D eigenvalue weighted by Crippen LogP contribution is -2.13. The van der Waals surface area contributed by atoms with Gasteiger partial charge in [-0.15, -0.1) is 0 Å². The Hall–Kier alpha value is -3.45. The molecule has 0 aliphatic heterocycles. The second-order valence-corrected chi connectivity index (χ2v) is 7.87. The lowest BCUT2D eigenvalue weighted by molar-refractivity contribution is -0.384. The van der Waals surface area contributed by atoms with Crippen molar-refractivity contribution in [1.82, 2.24) is 0 Å². The van der Waals surface area contributed by atoms with Crippen molar-refractivity contribution < 1.29 is 13.3 Å². The summed E-state index contributed by atoms with van der Waals surface area (Å²) in [6.07, 6.45) is 3.52. The molecule has 0 aliphatic rings. The Bertz CT molecular complexity index is 1120. The van der Waals surface area contributed by atoms with E-state index >= 15 is 0 Å². The zero-order chi connectivity index (χ0) is 20.1. The molecular weight excluding hydrogens is 376 g/mol. The Morgan fingerprint density at radius 1 is 0.893 bits per heavy atom. The highest BCUT2D eigenvalue weighted by atomic mass is 32.2. The fourth-order valence-electron chi connectivity index (χ4n) is 2.55. The summed E-state index contributed by atoms with van der Waals surface area (Å²) in [7, 11) is -3.71. The monoisotopic (exact) mass is 394 g/mol. The van der Waals surface area contributed by atoms with Crippen LogP contribution in [0.5, 0.6) is 0 Å². The quantitative estimate of drug-likeness (QED) is 0.367. The molecule has 0 aliphatic carbocycles. The second kappa shape index (κ2) is 8.06. The highest BCUT2D eigenvalue weighted by Crippen LogP contribution is 2.23. The van der Waals surface area contributed by atoms with Gasteiger partial charge in [0, 0.05) is 12.1 Å². The number of aryl methyl sites for hydroxylation is 1. The second-order valence-electron chi connectivity index (χ2n) is 6.19. The van der Waals surface area contributed by atoms with Gasteiger partial charge in [-0.05, 0) is 48.4 Å². The van der Waals surface area contributed by atoms with E-state index in [0.717, 1.165) is 11.1 Å². The number of rotatable bonds is 6. The molecule has 0 saturated carbocycles. The van der Waals surface area contributed by atoms with Crippen molar-refractivity contribution in [3.63, 3.8) is 0 Å². The molecule has 3 aromatic carbocycles. The van der Waals surface area contributed by atoms with Gasteiger partial charge in [0.1, 0.15) is 0 Å². The van der Waals surface area contributed by atoms with Crippen molar-refractivity contribution in [3.8, 4) is 0 Å². The third kappa shape index (κ3) is 4.63. The van der Waals surface area contributed by atoms with E-state index < -0.39 is 14.9 Å². The van der Waals surface area contributed by atoms with Crippen LogP contribution >= 0.6 is 0 Å². The predicted octanol–water partition coefficient (Wildman–Crippen LogP) is 4.87. The number of anilines is 1. The first-order valence-corrected chi connectivity index (χ1v) is 9.94. The van der Waals surface area contributed by atoms with Crippen molar-refractivity contribution >= 4 is 33.6 Å². The minimum Gasteiger partial charge on any atom is -0.279 e. The number of non-ortho nitro benzene ring substituents is 1. The van der Waals surface area contributed by atoms with Crippen LogP contribution in [0, 0.1) is 17.0 Å². The molecule has 28 heavy (non-hydrogen) atoms. The maximum atomic E-state index is 12.6. The predicted molar refractivity (Wildman–Crippen MR) is 110 cm³/mol. The van der Waals surface area contributed by atoms with E-state index in [0.29, 0.717) is 11.3 Å². The van der Waals surface area contributed by atoms with E-state index in [2.05, 4.69) is 4.72 Å². The molecule has 6 nitrogen and oxygen atoms in total. The number of nitrogens with one attached hydrogen (secondary N) is 1. The molecule has 3 rings (SSSR count). The van der Waals surface area contributed by atoms with Crippen LogP contribution in [0.1, 0.15) is 16.7 Å². The van der Waals surface area contributed by atoms with Crippen molar-refractivity contribution in [2.24, 2.45) is 0 Å². The fraction of sp³-hybridized carbons (Fsp3) is 0.0476. The molecule has 0 radical (unpaired) electrons. The molecule has 3 aromatic rings. The summed E-state index contributed by atoms with van der Waals surface area (Å²) in [6, 6.07) is 19.7. The van der Waals surface area contributed by atoms with Gasteiger partial charge in [-0.25, -0.2) is 8.42 Å². The van der Waals surface area contributed by atoms with Crippen LogP contribution in [0.15, 0.2) is 77.7 Å². The zero-order valence-electron chi connectivity index (χ0n) is 15.1. The molecule has 7 heteroatoms. The summed E-state index contributed by atoms with van der Waals surface area (Å²) in [5, 5.41) is 10.7. The highest BCUT2D eigenvalue weighted by molar-refractivity contribution is 7.92. The largest absolute Gasteiger partial charge is 0.279 e. The van der Waals surface area contributed by atoms with Gasteiger partial charge in [-0.3, -0.25) is 14.8 Å². The van der Waals surface area contributed by atoms with Gasteiger partial charge in [0.25, 0.3) is 15.7 Å². The molecule has 0 saturated heterocycles. The first-order valence-electron chi connectivity index (χ1n) is 8.46.